The predicted octanol–water partition coefficient (Wildman–Crippen LogP) is 3.89. The summed E-state index contributed by atoms with van der Waals surface area (Å²) in [6.07, 6.45) is 0.962. The van der Waals surface area contributed by atoms with Crippen LogP contribution in [0.15, 0.2) is 46.9 Å². The molecular formula is C15H12O2. The average molecular weight is 224 g/mol. The van der Waals surface area contributed by atoms with E-state index in [1.807, 2.05) is 49.4 Å². The zero-order chi connectivity index (χ0) is 11.8. The van der Waals surface area contributed by atoms with Crippen molar-refractivity contribution >= 4 is 28.2 Å². The number of hydrogen-bond acceptors (Lipinski definition) is 2. The number of aldehydes is 1. The van der Waals surface area contributed by atoms with E-state index < -0.39 is 0 Å². The Kier molecular flexibility index (Phi) is 2.22. The van der Waals surface area contributed by atoms with Crippen molar-refractivity contribution < 1.29 is 9.21 Å². The van der Waals surface area contributed by atoms with E-state index in [0.29, 0.717) is 0 Å². The molecular weight excluding hydrogens is 212 g/mol. The maximum absolute atomic E-state index is 10.8. The molecule has 0 amide bonds. The number of rotatable bonds is 2. The van der Waals surface area contributed by atoms with Gasteiger partial charge in [0, 0.05) is 16.7 Å². The highest BCUT2D eigenvalue weighted by Crippen LogP contribution is 2.30. The Morgan fingerprint density at radius 1 is 1.06 bits per heavy atom. The number of hydrogen-bond donors (Lipinski definition) is 0. The van der Waals surface area contributed by atoms with Crippen LogP contribution in [0, 0.1) is 0 Å². The maximum atomic E-state index is 10.8. The molecule has 0 fully saturated rings. The van der Waals surface area contributed by atoms with Crippen LogP contribution in [-0.2, 0) is 4.79 Å². The summed E-state index contributed by atoms with van der Waals surface area (Å²) in [6.45, 7) is 1.90. The summed E-state index contributed by atoms with van der Waals surface area (Å²) >= 11 is 0. The van der Waals surface area contributed by atoms with Crippen molar-refractivity contribution in [3.8, 4) is 0 Å². The lowest BCUT2D eigenvalue weighted by Crippen LogP contribution is -1.93. The van der Waals surface area contributed by atoms with Gasteiger partial charge < -0.3 is 9.21 Å². The Labute approximate surface area is 98.8 Å². The highest BCUT2D eigenvalue weighted by atomic mass is 16.3. The summed E-state index contributed by atoms with van der Waals surface area (Å²) in [4.78, 5) is 10.8. The van der Waals surface area contributed by atoms with Gasteiger partial charge in [-0.1, -0.05) is 31.2 Å². The molecule has 1 atom stereocenters. The Morgan fingerprint density at radius 3 is 2.65 bits per heavy atom. The topological polar surface area (TPSA) is 30.2 Å². The molecule has 0 bridgehead atoms. The number of fused-ring (bicyclic) bond motifs is 3. The molecule has 1 aromatic heterocycles. The fraction of sp³-hybridized carbons (Fsp3) is 0.133. The van der Waals surface area contributed by atoms with E-state index in [0.717, 1.165) is 33.8 Å². The summed E-state index contributed by atoms with van der Waals surface area (Å²) in [5.41, 5.74) is 2.78. The van der Waals surface area contributed by atoms with Crippen LogP contribution in [0.1, 0.15) is 18.4 Å². The van der Waals surface area contributed by atoms with Crippen molar-refractivity contribution in [2.24, 2.45) is 0 Å². The van der Waals surface area contributed by atoms with Crippen molar-refractivity contribution in [1.29, 1.82) is 0 Å². The first-order valence-electron chi connectivity index (χ1n) is 5.66. The number of benzene rings is 2. The Balaban J connectivity index is 2.33. The van der Waals surface area contributed by atoms with Crippen LogP contribution >= 0.6 is 0 Å². The van der Waals surface area contributed by atoms with Gasteiger partial charge in [0.25, 0.3) is 0 Å². The first kappa shape index (κ1) is 10.1. The molecule has 2 nitrogen and oxygen atoms in total. The van der Waals surface area contributed by atoms with Gasteiger partial charge in [0.1, 0.15) is 17.5 Å². The molecule has 0 aliphatic heterocycles. The van der Waals surface area contributed by atoms with Gasteiger partial charge >= 0.3 is 0 Å². The highest BCUT2D eigenvalue weighted by molar-refractivity contribution is 6.05. The summed E-state index contributed by atoms with van der Waals surface area (Å²) in [5.74, 6) is -0.0759. The number of carbonyl (C=O) groups is 1. The Bertz CT molecular complexity index is 694. The van der Waals surface area contributed by atoms with E-state index in [9.17, 15) is 4.79 Å². The second-order valence-corrected chi connectivity index (χ2v) is 4.28. The average Bonchev–Trinajstić information content (AvgIpc) is 2.75. The van der Waals surface area contributed by atoms with Gasteiger partial charge in [-0.3, -0.25) is 0 Å². The lowest BCUT2D eigenvalue weighted by Gasteiger charge is -2.02. The second kappa shape index (κ2) is 3.74. The molecule has 0 radical (unpaired) electrons. The third-order valence-electron chi connectivity index (χ3n) is 3.13. The minimum Gasteiger partial charge on any atom is -0.456 e. The van der Waals surface area contributed by atoms with Gasteiger partial charge in [-0.25, -0.2) is 0 Å². The molecule has 3 rings (SSSR count). The lowest BCUT2D eigenvalue weighted by atomic mass is 10.0. The summed E-state index contributed by atoms with van der Waals surface area (Å²) < 4.78 is 5.73. The van der Waals surface area contributed by atoms with Crippen LogP contribution in [0.25, 0.3) is 21.9 Å². The fourth-order valence-corrected chi connectivity index (χ4v) is 2.11. The Morgan fingerprint density at radius 2 is 1.82 bits per heavy atom. The SMILES string of the molecule is CC(C=O)c1ccc2oc3ccccc3c2c1. The third-order valence-corrected chi connectivity index (χ3v) is 3.13. The molecule has 0 spiro atoms. The predicted molar refractivity (Wildman–Crippen MR) is 68.2 cm³/mol. The second-order valence-electron chi connectivity index (χ2n) is 4.28. The van der Waals surface area contributed by atoms with E-state index in [1.165, 1.54) is 0 Å². The first-order valence-corrected chi connectivity index (χ1v) is 5.66. The summed E-state index contributed by atoms with van der Waals surface area (Å²) in [7, 11) is 0. The smallest absolute Gasteiger partial charge is 0.135 e. The van der Waals surface area contributed by atoms with E-state index in [-0.39, 0.29) is 5.92 Å². The summed E-state index contributed by atoms with van der Waals surface area (Å²) in [5, 5.41) is 2.18. The quantitative estimate of drug-likeness (QED) is 0.618. The van der Waals surface area contributed by atoms with Gasteiger partial charge in [0.15, 0.2) is 0 Å². The minimum absolute atomic E-state index is 0.0759. The largest absolute Gasteiger partial charge is 0.456 e. The minimum atomic E-state index is -0.0759. The van der Waals surface area contributed by atoms with Gasteiger partial charge in [-0.2, -0.15) is 0 Å². The molecule has 0 aliphatic carbocycles. The molecule has 0 N–H and O–H groups in total. The molecule has 2 heteroatoms. The van der Waals surface area contributed by atoms with Crippen LogP contribution in [0.2, 0.25) is 0 Å². The van der Waals surface area contributed by atoms with E-state index >= 15 is 0 Å². The Hall–Kier alpha value is -2.09. The van der Waals surface area contributed by atoms with E-state index in [1.54, 1.807) is 0 Å². The van der Waals surface area contributed by atoms with Crippen LogP contribution < -0.4 is 0 Å². The van der Waals surface area contributed by atoms with Crippen LogP contribution in [0.4, 0.5) is 0 Å². The molecule has 1 unspecified atom stereocenters. The molecule has 84 valence electrons. The van der Waals surface area contributed by atoms with Crippen molar-refractivity contribution in [1.82, 2.24) is 0 Å². The zero-order valence-corrected chi connectivity index (χ0v) is 9.51. The van der Waals surface area contributed by atoms with E-state index in [4.69, 9.17) is 4.42 Å². The summed E-state index contributed by atoms with van der Waals surface area (Å²) in [6, 6.07) is 13.9. The van der Waals surface area contributed by atoms with Crippen LogP contribution in [0.5, 0.6) is 0 Å². The van der Waals surface area contributed by atoms with Gasteiger partial charge in [0.2, 0.25) is 0 Å². The molecule has 0 saturated carbocycles. The van der Waals surface area contributed by atoms with Crippen LogP contribution in [-0.4, -0.2) is 6.29 Å². The van der Waals surface area contributed by atoms with Gasteiger partial charge in [-0.05, 0) is 23.8 Å². The molecule has 0 saturated heterocycles. The monoisotopic (exact) mass is 224 g/mol. The molecule has 3 aromatic rings. The molecule has 17 heavy (non-hydrogen) atoms. The zero-order valence-electron chi connectivity index (χ0n) is 9.51. The lowest BCUT2D eigenvalue weighted by molar-refractivity contribution is -0.108. The highest BCUT2D eigenvalue weighted by Gasteiger charge is 2.09. The standard InChI is InChI=1S/C15H12O2/c1-10(9-16)11-6-7-15-13(8-11)12-4-2-3-5-14(12)17-15/h2-10H,1H3. The number of para-hydroxylation sites is 1. The van der Waals surface area contributed by atoms with Crippen molar-refractivity contribution in [3.05, 3.63) is 48.0 Å². The van der Waals surface area contributed by atoms with Crippen molar-refractivity contribution in [3.63, 3.8) is 0 Å². The molecule has 1 heterocycles. The number of furan rings is 1. The normalized spacial score (nSPS) is 13.0. The van der Waals surface area contributed by atoms with E-state index in [2.05, 4.69) is 0 Å². The molecule has 2 aromatic carbocycles. The first-order chi connectivity index (χ1) is 8.29. The number of carbonyl (C=O) groups excluding carboxylic acids is 1. The van der Waals surface area contributed by atoms with Crippen molar-refractivity contribution in [2.75, 3.05) is 0 Å². The van der Waals surface area contributed by atoms with Gasteiger partial charge in [-0.15, -0.1) is 0 Å². The molecule has 0 aliphatic rings. The van der Waals surface area contributed by atoms with Crippen LogP contribution in [0.3, 0.4) is 0 Å². The maximum Gasteiger partial charge on any atom is 0.135 e. The van der Waals surface area contributed by atoms with Gasteiger partial charge in [0.05, 0.1) is 0 Å². The van der Waals surface area contributed by atoms with Crippen molar-refractivity contribution in [2.45, 2.75) is 12.8 Å². The fourth-order valence-electron chi connectivity index (χ4n) is 2.11. The third kappa shape index (κ3) is 1.53.